The van der Waals surface area contributed by atoms with Gasteiger partial charge in [0.15, 0.2) is 0 Å². The van der Waals surface area contributed by atoms with E-state index in [2.05, 4.69) is 267 Å². The number of benzene rings is 10. The Morgan fingerprint density at radius 3 is 1.77 bits per heavy atom. The van der Waals surface area contributed by atoms with Gasteiger partial charge in [0.25, 0.3) is 0 Å². The highest BCUT2D eigenvalue weighted by molar-refractivity contribution is 6.16. The number of hydrogen-bond donors (Lipinski definition) is 0. The van der Waals surface area contributed by atoms with E-state index < -0.39 is 0 Å². The molecule has 12 rings (SSSR count). The van der Waals surface area contributed by atoms with Gasteiger partial charge in [0.2, 0.25) is 0 Å². The Bertz CT molecular complexity index is 3920. The fourth-order valence-corrected chi connectivity index (χ4v) is 10.4. The number of rotatable bonds is 10. The fourth-order valence-electron chi connectivity index (χ4n) is 10.4. The molecule has 0 bridgehead atoms. The number of allylic oxidation sites excluding steroid dienone is 1. The van der Waals surface area contributed by atoms with Crippen molar-refractivity contribution in [3.8, 4) is 50.5 Å². The minimum absolute atomic E-state index is 0.923. The Kier molecular flexibility index (Phi) is 10.8. The Morgan fingerprint density at radius 1 is 0.414 bits per heavy atom. The van der Waals surface area contributed by atoms with E-state index in [-0.39, 0.29) is 0 Å². The Labute approximate surface area is 409 Å². The van der Waals surface area contributed by atoms with Gasteiger partial charge in [-0.3, -0.25) is 0 Å². The van der Waals surface area contributed by atoms with Crippen molar-refractivity contribution >= 4 is 72.6 Å². The van der Waals surface area contributed by atoms with Crippen LogP contribution in [0.4, 0.5) is 17.1 Å². The molecule has 0 aliphatic carbocycles. The normalized spacial score (nSPS) is 11.6. The first-order valence-electron chi connectivity index (χ1n) is 24.0. The van der Waals surface area contributed by atoms with Crippen molar-refractivity contribution in [1.29, 1.82) is 0 Å². The molecule has 0 saturated heterocycles. The topological polar surface area (TPSA) is 21.1 Å². The second-order valence-corrected chi connectivity index (χ2v) is 18.0. The van der Waals surface area contributed by atoms with Gasteiger partial charge in [-0.25, -0.2) is 4.98 Å². The minimum Gasteiger partial charge on any atom is -0.310 e. The van der Waals surface area contributed by atoms with Gasteiger partial charge in [0.1, 0.15) is 0 Å². The van der Waals surface area contributed by atoms with Crippen LogP contribution in [0.2, 0.25) is 0 Å². The SMILES string of the molecule is C=Cc1c(/C=C\C)c2ccccc2c2ccc(-n3c4ccccc4c4ccc(-c5ccc(N(c6cccc(-c7cc(-c8ccccc8)cc(-c8ccccc8)n7)c6)c6ccccc6C)cc5)cc43)cc12. The molecule has 0 spiro atoms. The quantitative estimate of drug-likeness (QED) is 0.128. The Hall–Kier alpha value is -9.05. The first-order valence-corrected chi connectivity index (χ1v) is 24.0. The summed E-state index contributed by atoms with van der Waals surface area (Å²) in [5.74, 6) is 0. The number of hydrogen-bond acceptors (Lipinski definition) is 2. The maximum absolute atomic E-state index is 5.28. The van der Waals surface area contributed by atoms with Gasteiger partial charge in [-0.1, -0.05) is 189 Å². The number of para-hydroxylation sites is 2. The van der Waals surface area contributed by atoms with Crippen LogP contribution in [0, 0.1) is 6.92 Å². The number of anilines is 3. The maximum atomic E-state index is 5.28. The van der Waals surface area contributed by atoms with Gasteiger partial charge >= 0.3 is 0 Å². The summed E-state index contributed by atoms with van der Waals surface area (Å²) in [5.41, 5.74) is 18.8. The lowest BCUT2D eigenvalue weighted by atomic mass is 9.91. The average Bonchev–Trinajstić information content (AvgIpc) is 3.76. The minimum atomic E-state index is 0.923. The number of aromatic nitrogens is 2. The molecule has 0 radical (unpaired) electrons. The predicted octanol–water partition coefficient (Wildman–Crippen LogP) is 18.6. The molecular weight excluding hydrogens is 847 g/mol. The predicted molar refractivity (Wildman–Crippen MR) is 300 cm³/mol. The van der Waals surface area contributed by atoms with Crippen LogP contribution in [0.5, 0.6) is 0 Å². The third-order valence-electron chi connectivity index (χ3n) is 13.8. The number of nitrogens with zero attached hydrogens (tertiary/aromatic N) is 3. The van der Waals surface area contributed by atoms with Gasteiger partial charge in [-0.2, -0.15) is 0 Å². The zero-order valence-electron chi connectivity index (χ0n) is 39.2. The van der Waals surface area contributed by atoms with E-state index in [1.165, 1.54) is 49.0 Å². The summed E-state index contributed by atoms with van der Waals surface area (Å²) in [6, 6.07) is 83.2. The molecule has 0 aliphatic heterocycles. The molecule has 332 valence electrons. The van der Waals surface area contributed by atoms with Gasteiger partial charge in [-0.05, 0) is 141 Å². The summed E-state index contributed by atoms with van der Waals surface area (Å²) in [6.07, 6.45) is 6.35. The van der Waals surface area contributed by atoms with Crippen LogP contribution < -0.4 is 4.90 Å². The highest BCUT2D eigenvalue weighted by Gasteiger charge is 2.19. The summed E-state index contributed by atoms with van der Waals surface area (Å²) >= 11 is 0. The van der Waals surface area contributed by atoms with Crippen molar-refractivity contribution in [3.05, 3.63) is 260 Å². The first kappa shape index (κ1) is 42.3. The highest BCUT2D eigenvalue weighted by atomic mass is 15.1. The van der Waals surface area contributed by atoms with Crippen molar-refractivity contribution in [1.82, 2.24) is 9.55 Å². The molecule has 0 aliphatic rings. The number of pyridine rings is 1. The second-order valence-electron chi connectivity index (χ2n) is 18.0. The summed E-state index contributed by atoms with van der Waals surface area (Å²) < 4.78 is 2.43. The first-order chi connectivity index (χ1) is 34.5. The molecule has 0 fully saturated rings. The maximum Gasteiger partial charge on any atom is 0.0716 e. The third kappa shape index (κ3) is 7.46. The van der Waals surface area contributed by atoms with E-state index in [0.717, 1.165) is 78.6 Å². The lowest BCUT2D eigenvalue weighted by molar-refractivity contribution is 1.19. The summed E-state index contributed by atoms with van der Waals surface area (Å²) in [7, 11) is 0. The lowest BCUT2D eigenvalue weighted by Crippen LogP contribution is -2.11. The van der Waals surface area contributed by atoms with Crippen LogP contribution in [-0.2, 0) is 0 Å². The Morgan fingerprint density at radius 2 is 1.01 bits per heavy atom. The van der Waals surface area contributed by atoms with E-state index in [1.807, 2.05) is 12.1 Å². The zero-order chi connectivity index (χ0) is 47.1. The molecule has 3 nitrogen and oxygen atoms in total. The second kappa shape index (κ2) is 17.9. The van der Waals surface area contributed by atoms with Gasteiger partial charge < -0.3 is 9.47 Å². The molecule has 70 heavy (non-hydrogen) atoms. The van der Waals surface area contributed by atoms with Crippen molar-refractivity contribution < 1.29 is 0 Å². The van der Waals surface area contributed by atoms with Crippen molar-refractivity contribution in [2.75, 3.05) is 4.90 Å². The highest BCUT2D eigenvalue weighted by Crippen LogP contribution is 2.42. The van der Waals surface area contributed by atoms with E-state index >= 15 is 0 Å². The fraction of sp³-hybridized carbons (Fsp3) is 0.0299. The van der Waals surface area contributed by atoms with E-state index in [9.17, 15) is 0 Å². The van der Waals surface area contributed by atoms with Gasteiger partial charge in [-0.15, -0.1) is 0 Å². The molecular formula is C67H49N3. The summed E-state index contributed by atoms with van der Waals surface area (Å²) in [5, 5.41) is 7.34. The number of fused-ring (bicyclic) bond motifs is 6. The van der Waals surface area contributed by atoms with Gasteiger partial charge in [0, 0.05) is 44.6 Å². The standard InChI is InChI=1S/C67H49N3/c1-4-19-56-55(5-2)62-44-54(37-39-59(62)58-28-14-13-27-57(56)58)70-66-31-17-15-29-60(66)61-38-34-49(43-67(61)70)47-32-35-52(36-33-47)69(65-30-16-12-20-45(65)3)53-26-18-25-50(40-53)64-42-51(46-21-8-6-9-22-46)41-63(68-64)48-23-10-7-11-24-48/h4-44H,2H2,1,3H3/b19-4-. The van der Waals surface area contributed by atoms with Crippen LogP contribution in [-0.4, -0.2) is 9.55 Å². The van der Waals surface area contributed by atoms with Crippen LogP contribution in [0.1, 0.15) is 23.6 Å². The molecule has 0 saturated carbocycles. The molecule has 0 atom stereocenters. The van der Waals surface area contributed by atoms with Crippen LogP contribution in [0.25, 0.3) is 106 Å². The molecule has 10 aromatic carbocycles. The monoisotopic (exact) mass is 895 g/mol. The molecule has 2 aromatic heterocycles. The van der Waals surface area contributed by atoms with E-state index in [4.69, 9.17) is 4.98 Å². The molecule has 3 heteroatoms. The molecule has 0 N–H and O–H groups in total. The van der Waals surface area contributed by atoms with Crippen LogP contribution >= 0.6 is 0 Å². The van der Waals surface area contributed by atoms with E-state index in [1.54, 1.807) is 0 Å². The smallest absolute Gasteiger partial charge is 0.0716 e. The molecule has 0 unspecified atom stereocenters. The lowest BCUT2D eigenvalue weighted by Gasteiger charge is -2.27. The van der Waals surface area contributed by atoms with Crippen LogP contribution in [0.15, 0.2) is 243 Å². The summed E-state index contributed by atoms with van der Waals surface area (Å²) in [4.78, 5) is 7.65. The molecule has 12 aromatic rings. The summed E-state index contributed by atoms with van der Waals surface area (Å²) in [6.45, 7) is 8.58. The molecule has 0 amide bonds. The van der Waals surface area contributed by atoms with Crippen LogP contribution in [0.3, 0.4) is 0 Å². The van der Waals surface area contributed by atoms with Crippen molar-refractivity contribution in [2.45, 2.75) is 13.8 Å². The zero-order valence-corrected chi connectivity index (χ0v) is 39.2. The average molecular weight is 896 g/mol. The van der Waals surface area contributed by atoms with E-state index in [0.29, 0.717) is 0 Å². The largest absolute Gasteiger partial charge is 0.310 e. The third-order valence-corrected chi connectivity index (χ3v) is 13.8. The van der Waals surface area contributed by atoms with Crippen molar-refractivity contribution in [3.63, 3.8) is 0 Å². The molecule has 2 heterocycles. The van der Waals surface area contributed by atoms with Crippen molar-refractivity contribution in [2.24, 2.45) is 0 Å². The van der Waals surface area contributed by atoms with Gasteiger partial charge in [0.05, 0.1) is 22.4 Å². The number of aryl methyl sites for hydroxylation is 1. The Balaban J connectivity index is 0.960.